The number of benzene rings is 3. The predicted molar refractivity (Wildman–Crippen MR) is 118 cm³/mol. The molecule has 5 rings (SSSR count). The summed E-state index contributed by atoms with van der Waals surface area (Å²) in [4.78, 5) is 15.6. The van der Waals surface area contributed by atoms with Crippen LogP contribution in [0.25, 0.3) is 11.1 Å². The SMILES string of the molecule is O=C1N(Cc2ccccc2-c2ccccc2)CCC12Cc1cccc(C(O)NO)c1C2. The highest BCUT2D eigenvalue weighted by Crippen LogP contribution is 2.47. The zero-order chi connectivity index (χ0) is 21.4. The van der Waals surface area contributed by atoms with E-state index in [2.05, 4.69) is 24.3 Å². The Morgan fingerprint density at radius 2 is 1.74 bits per heavy atom. The molecule has 1 aliphatic heterocycles. The van der Waals surface area contributed by atoms with Gasteiger partial charge in [-0.15, -0.1) is 0 Å². The fourth-order valence-electron chi connectivity index (χ4n) is 5.26. The first-order valence-corrected chi connectivity index (χ1v) is 10.7. The number of hydrogen-bond acceptors (Lipinski definition) is 4. The van der Waals surface area contributed by atoms with E-state index in [0.29, 0.717) is 24.9 Å². The summed E-state index contributed by atoms with van der Waals surface area (Å²) in [5, 5.41) is 19.3. The number of amides is 1. The van der Waals surface area contributed by atoms with Gasteiger partial charge >= 0.3 is 0 Å². The van der Waals surface area contributed by atoms with Crippen molar-refractivity contribution in [2.24, 2.45) is 5.41 Å². The molecular weight excluding hydrogens is 388 g/mol. The second-order valence-electron chi connectivity index (χ2n) is 8.65. The van der Waals surface area contributed by atoms with Gasteiger partial charge in [0.2, 0.25) is 5.91 Å². The molecule has 2 atom stereocenters. The maximum atomic E-state index is 13.6. The summed E-state index contributed by atoms with van der Waals surface area (Å²) in [6, 6.07) is 24.3. The number of hydroxylamine groups is 1. The molecule has 1 aliphatic carbocycles. The van der Waals surface area contributed by atoms with E-state index in [9.17, 15) is 15.1 Å². The molecule has 1 amide bonds. The Balaban J connectivity index is 1.40. The molecule has 3 N–H and O–H groups in total. The average molecular weight is 415 g/mol. The maximum Gasteiger partial charge on any atom is 0.229 e. The summed E-state index contributed by atoms with van der Waals surface area (Å²) in [6.45, 7) is 1.32. The van der Waals surface area contributed by atoms with E-state index in [1.54, 1.807) is 6.07 Å². The molecule has 2 unspecified atom stereocenters. The second-order valence-corrected chi connectivity index (χ2v) is 8.65. The van der Waals surface area contributed by atoms with Crippen LogP contribution in [-0.2, 0) is 24.2 Å². The smallest absolute Gasteiger partial charge is 0.229 e. The largest absolute Gasteiger partial charge is 0.372 e. The number of nitrogens with zero attached hydrogens (tertiary/aromatic N) is 1. The average Bonchev–Trinajstić information content (AvgIpc) is 3.34. The lowest BCUT2D eigenvalue weighted by molar-refractivity contribution is -0.136. The minimum atomic E-state index is -1.14. The van der Waals surface area contributed by atoms with Gasteiger partial charge in [-0.1, -0.05) is 72.8 Å². The summed E-state index contributed by atoms with van der Waals surface area (Å²) in [6.07, 6.45) is 0.947. The van der Waals surface area contributed by atoms with Gasteiger partial charge in [-0.3, -0.25) is 4.79 Å². The Kier molecular flexibility index (Phi) is 5.10. The lowest BCUT2D eigenvalue weighted by Crippen LogP contribution is -2.35. The number of carbonyl (C=O) groups is 1. The molecule has 2 aliphatic rings. The summed E-state index contributed by atoms with van der Waals surface area (Å²) < 4.78 is 0. The number of rotatable bonds is 5. The van der Waals surface area contributed by atoms with Crippen molar-refractivity contribution in [2.75, 3.05) is 6.54 Å². The standard InChI is InChI=1S/C26H26N2O3/c29-24(27-31)22-12-6-10-19-15-26(16-23(19)22)13-14-28(25(26)30)17-20-9-4-5-11-21(20)18-7-2-1-3-8-18/h1-12,24,27,29,31H,13-17H2. The van der Waals surface area contributed by atoms with Gasteiger partial charge in [0.15, 0.2) is 6.23 Å². The Morgan fingerprint density at radius 3 is 2.55 bits per heavy atom. The lowest BCUT2D eigenvalue weighted by Gasteiger charge is -2.24. The third kappa shape index (κ3) is 3.45. The molecule has 1 spiro atoms. The van der Waals surface area contributed by atoms with Crippen molar-refractivity contribution in [1.29, 1.82) is 0 Å². The minimum absolute atomic E-state index is 0.184. The molecule has 158 valence electrons. The van der Waals surface area contributed by atoms with E-state index in [-0.39, 0.29) is 5.91 Å². The number of carbonyl (C=O) groups excluding carboxylic acids is 1. The van der Waals surface area contributed by atoms with Crippen molar-refractivity contribution in [3.63, 3.8) is 0 Å². The van der Waals surface area contributed by atoms with Crippen LogP contribution in [0.2, 0.25) is 0 Å². The lowest BCUT2D eigenvalue weighted by atomic mass is 9.83. The normalized spacial score (nSPS) is 21.0. The Bertz CT molecular complexity index is 1110. The third-order valence-electron chi connectivity index (χ3n) is 6.83. The molecule has 0 radical (unpaired) electrons. The van der Waals surface area contributed by atoms with Crippen molar-refractivity contribution >= 4 is 5.91 Å². The van der Waals surface area contributed by atoms with Gasteiger partial charge < -0.3 is 15.2 Å². The van der Waals surface area contributed by atoms with Crippen LogP contribution in [0.3, 0.4) is 0 Å². The summed E-state index contributed by atoms with van der Waals surface area (Å²) >= 11 is 0. The first-order chi connectivity index (χ1) is 15.1. The van der Waals surface area contributed by atoms with E-state index in [1.807, 2.05) is 52.8 Å². The molecule has 1 fully saturated rings. The van der Waals surface area contributed by atoms with Gasteiger partial charge in [0.05, 0.1) is 5.41 Å². The quantitative estimate of drug-likeness (QED) is 0.438. The van der Waals surface area contributed by atoms with Crippen LogP contribution in [0.4, 0.5) is 0 Å². The molecule has 5 heteroatoms. The summed E-state index contributed by atoms with van der Waals surface area (Å²) in [5.41, 5.74) is 7.66. The van der Waals surface area contributed by atoms with Gasteiger partial charge in [-0.25, -0.2) is 0 Å². The van der Waals surface area contributed by atoms with Crippen LogP contribution >= 0.6 is 0 Å². The molecule has 31 heavy (non-hydrogen) atoms. The Hall–Kier alpha value is -2.99. The second kappa shape index (κ2) is 7.93. The van der Waals surface area contributed by atoms with Crippen LogP contribution in [0.5, 0.6) is 0 Å². The third-order valence-corrected chi connectivity index (χ3v) is 6.83. The number of nitrogens with one attached hydrogen (secondary N) is 1. The number of likely N-dealkylation sites (tertiary alicyclic amines) is 1. The highest BCUT2D eigenvalue weighted by Gasteiger charge is 2.50. The van der Waals surface area contributed by atoms with E-state index >= 15 is 0 Å². The van der Waals surface area contributed by atoms with E-state index in [4.69, 9.17) is 0 Å². The van der Waals surface area contributed by atoms with Gasteiger partial charge in [-0.2, -0.15) is 5.48 Å². The topological polar surface area (TPSA) is 72.8 Å². The van der Waals surface area contributed by atoms with Crippen molar-refractivity contribution in [1.82, 2.24) is 10.4 Å². The predicted octanol–water partition coefficient (Wildman–Crippen LogP) is 3.84. The van der Waals surface area contributed by atoms with Crippen molar-refractivity contribution in [3.05, 3.63) is 95.1 Å². The van der Waals surface area contributed by atoms with Gasteiger partial charge in [0, 0.05) is 18.7 Å². The number of aliphatic hydroxyl groups excluding tert-OH is 1. The van der Waals surface area contributed by atoms with Gasteiger partial charge in [0.1, 0.15) is 0 Å². The van der Waals surface area contributed by atoms with Gasteiger partial charge in [-0.05, 0) is 47.1 Å². The van der Waals surface area contributed by atoms with Gasteiger partial charge in [0.25, 0.3) is 0 Å². The molecule has 1 heterocycles. The summed E-state index contributed by atoms with van der Waals surface area (Å²) in [5.74, 6) is 0.184. The van der Waals surface area contributed by atoms with E-state index in [0.717, 1.165) is 40.8 Å². The highest BCUT2D eigenvalue weighted by atomic mass is 16.5. The van der Waals surface area contributed by atoms with Crippen LogP contribution in [0.1, 0.15) is 34.9 Å². The zero-order valence-corrected chi connectivity index (χ0v) is 17.3. The first-order valence-electron chi connectivity index (χ1n) is 10.7. The van der Waals surface area contributed by atoms with Crippen LogP contribution in [-0.4, -0.2) is 27.7 Å². The molecule has 0 aromatic heterocycles. The molecule has 3 aromatic rings. The number of fused-ring (bicyclic) bond motifs is 1. The monoisotopic (exact) mass is 414 g/mol. The van der Waals surface area contributed by atoms with Crippen LogP contribution < -0.4 is 5.48 Å². The van der Waals surface area contributed by atoms with E-state index < -0.39 is 11.6 Å². The van der Waals surface area contributed by atoms with Crippen molar-refractivity contribution in [2.45, 2.75) is 32.0 Å². The fraction of sp³-hybridized carbons (Fsp3) is 0.269. The zero-order valence-electron chi connectivity index (χ0n) is 17.3. The number of hydrogen-bond donors (Lipinski definition) is 3. The van der Waals surface area contributed by atoms with Crippen LogP contribution in [0, 0.1) is 5.41 Å². The molecule has 0 bridgehead atoms. The molecule has 1 saturated heterocycles. The summed E-state index contributed by atoms with van der Waals surface area (Å²) in [7, 11) is 0. The molecular formula is C26H26N2O3. The Morgan fingerprint density at radius 1 is 0.968 bits per heavy atom. The molecule has 3 aromatic carbocycles. The van der Waals surface area contributed by atoms with Crippen molar-refractivity contribution in [3.8, 4) is 11.1 Å². The maximum absolute atomic E-state index is 13.6. The van der Waals surface area contributed by atoms with E-state index in [1.165, 1.54) is 0 Å². The minimum Gasteiger partial charge on any atom is -0.372 e. The highest BCUT2D eigenvalue weighted by molar-refractivity contribution is 5.87. The first kappa shape index (κ1) is 19.9. The van der Waals surface area contributed by atoms with Crippen LogP contribution in [0.15, 0.2) is 72.8 Å². The van der Waals surface area contributed by atoms with Crippen molar-refractivity contribution < 1.29 is 15.1 Å². The molecule has 5 nitrogen and oxygen atoms in total. The fourth-order valence-corrected chi connectivity index (χ4v) is 5.26. The Labute approximate surface area is 181 Å². The number of aliphatic hydroxyl groups is 1. The molecule has 0 saturated carbocycles.